The van der Waals surface area contributed by atoms with E-state index in [0.717, 1.165) is 13.1 Å². The Morgan fingerprint density at radius 1 is 1.39 bits per heavy atom. The van der Waals surface area contributed by atoms with E-state index in [0.29, 0.717) is 29.5 Å². The summed E-state index contributed by atoms with van der Waals surface area (Å²) in [6, 6.07) is 4.80. The van der Waals surface area contributed by atoms with E-state index in [-0.39, 0.29) is 11.7 Å². The van der Waals surface area contributed by atoms with E-state index >= 15 is 0 Å². The number of halogens is 1. The van der Waals surface area contributed by atoms with Crippen LogP contribution in [0.2, 0.25) is 0 Å². The smallest absolute Gasteiger partial charge is 0.128 e. The van der Waals surface area contributed by atoms with Gasteiger partial charge in [0.05, 0.1) is 0 Å². The Bertz CT molecular complexity index is 448. The summed E-state index contributed by atoms with van der Waals surface area (Å²) in [4.78, 5) is 2.28. The maximum Gasteiger partial charge on any atom is 0.128 e. The van der Waals surface area contributed by atoms with E-state index in [1.807, 2.05) is 0 Å². The van der Waals surface area contributed by atoms with Crippen LogP contribution in [0.1, 0.15) is 25.0 Å². The molecule has 1 aliphatic heterocycles. The number of likely N-dealkylation sites (tertiary alicyclic amines) is 1. The number of nitrogens with one attached hydrogen (secondary N) is 1. The zero-order chi connectivity index (χ0) is 13.3. The maximum atomic E-state index is 13.9. The van der Waals surface area contributed by atoms with Gasteiger partial charge in [-0.25, -0.2) is 4.39 Å². The standard InChI is InChI=1S/C14H20FN3/c1-9-6-18(7-10(9)2)8-12-4-3-11(14(16)17)5-13(12)15/h3-5,9-10H,6-8H2,1-2H3,(H3,16,17). The van der Waals surface area contributed by atoms with Crippen molar-refractivity contribution in [2.75, 3.05) is 13.1 Å². The number of nitrogens with two attached hydrogens (primary N) is 1. The summed E-state index contributed by atoms with van der Waals surface area (Å²) in [7, 11) is 0. The average molecular weight is 249 g/mol. The molecule has 0 saturated carbocycles. The average Bonchev–Trinajstić information content (AvgIpc) is 2.61. The minimum Gasteiger partial charge on any atom is -0.384 e. The maximum absolute atomic E-state index is 13.9. The van der Waals surface area contributed by atoms with Crippen LogP contribution in [0.4, 0.5) is 4.39 Å². The molecule has 2 rings (SSSR count). The molecule has 3 N–H and O–H groups in total. The summed E-state index contributed by atoms with van der Waals surface area (Å²) >= 11 is 0. The van der Waals surface area contributed by atoms with Crippen molar-refractivity contribution in [1.82, 2.24) is 4.90 Å². The lowest BCUT2D eigenvalue weighted by atomic mass is 10.0. The topological polar surface area (TPSA) is 53.1 Å². The van der Waals surface area contributed by atoms with E-state index in [4.69, 9.17) is 11.1 Å². The molecule has 98 valence electrons. The minimum atomic E-state index is -0.269. The Balaban J connectivity index is 2.08. The van der Waals surface area contributed by atoms with Crippen LogP contribution < -0.4 is 5.73 Å². The number of nitrogen functional groups attached to an aromatic ring is 1. The largest absolute Gasteiger partial charge is 0.384 e. The van der Waals surface area contributed by atoms with E-state index in [1.54, 1.807) is 12.1 Å². The Morgan fingerprint density at radius 2 is 2.00 bits per heavy atom. The summed E-state index contributed by atoms with van der Waals surface area (Å²) in [5, 5.41) is 7.28. The second kappa shape index (κ2) is 5.06. The number of hydrogen-bond donors (Lipinski definition) is 2. The first kappa shape index (κ1) is 13.0. The van der Waals surface area contributed by atoms with Crippen molar-refractivity contribution in [2.45, 2.75) is 20.4 Å². The van der Waals surface area contributed by atoms with Crippen LogP contribution in [0.5, 0.6) is 0 Å². The highest BCUT2D eigenvalue weighted by Crippen LogP contribution is 2.24. The lowest BCUT2D eigenvalue weighted by Gasteiger charge is -2.16. The Labute approximate surface area is 107 Å². The van der Waals surface area contributed by atoms with Gasteiger partial charge in [0.2, 0.25) is 0 Å². The molecule has 1 aromatic carbocycles. The summed E-state index contributed by atoms with van der Waals surface area (Å²) in [6.45, 7) is 7.16. The van der Waals surface area contributed by atoms with Gasteiger partial charge in [-0.05, 0) is 17.9 Å². The van der Waals surface area contributed by atoms with Crippen LogP contribution >= 0.6 is 0 Å². The van der Waals surface area contributed by atoms with Gasteiger partial charge in [0.1, 0.15) is 11.7 Å². The lowest BCUT2D eigenvalue weighted by Crippen LogP contribution is -2.21. The van der Waals surface area contributed by atoms with Crippen molar-refractivity contribution in [2.24, 2.45) is 17.6 Å². The molecule has 0 aromatic heterocycles. The van der Waals surface area contributed by atoms with Crippen molar-refractivity contribution in [1.29, 1.82) is 5.41 Å². The number of rotatable bonds is 3. The summed E-state index contributed by atoms with van der Waals surface area (Å²) in [5.74, 6) is 0.980. The predicted molar refractivity (Wildman–Crippen MR) is 71.0 cm³/mol. The van der Waals surface area contributed by atoms with Crippen LogP contribution in [-0.2, 0) is 6.54 Å². The molecule has 1 heterocycles. The quantitative estimate of drug-likeness (QED) is 0.637. The molecule has 0 amide bonds. The van der Waals surface area contributed by atoms with Crippen LogP contribution in [-0.4, -0.2) is 23.8 Å². The molecule has 18 heavy (non-hydrogen) atoms. The molecule has 0 aliphatic carbocycles. The summed E-state index contributed by atoms with van der Waals surface area (Å²) in [6.07, 6.45) is 0. The predicted octanol–water partition coefficient (Wildman–Crippen LogP) is 2.20. The molecule has 1 aliphatic rings. The van der Waals surface area contributed by atoms with Gasteiger partial charge in [-0.1, -0.05) is 26.0 Å². The molecule has 0 bridgehead atoms. The third-order valence-corrected chi connectivity index (χ3v) is 3.82. The third kappa shape index (κ3) is 2.70. The van der Waals surface area contributed by atoms with E-state index < -0.39 is 0 Å². The second-order valence-electron chi connectivity index (χ2n) is 5.37. The summed E-state index contributed by atoms with van der Waals surface area (Å²) in [5.41, 5.74) is 6.46. The van der Waals surface area contributed by atoms with Crippen molar-refractivity contribution in [3.8, 4) is 0 Å². The molecular formula is C14H20FN3. The van der Waals surface area contributed by atoms with Crippen molar-refractivity contribution in [3.05, 3.63) is 35.1 Å². The minimum absolute atomic E-state index is 0.0936. The van der Waals surface area contributed by atoms with Gasteiger partial charge < -0.3 is 5.73 Å². The monoisotopic (exact) mass is 249 g/mol. The molecule has 0 spiro atoms. The van der Waals surface area contributed by atoms with Gasteiger partial charge in [-0.15, -0.1) is 0 Å². The first-order chi connectivity index (χ1) is 8.47. The highest BCUT2D eigenvalue weighted by atomic mass is 19.1. The molecule has 2 unspecified atom stereocenters. The van der Waals surface area contributed by atoms with Crippen LogP contribution in [0.15, 0.2) is 18.2 Å². The first-order valence-corrected chi connectivity index (χ1v) is 6.32. The number of hydrogen-bond acceptors (Lipinski definition) is 2. The van der Waals surface area contributed by atoms with Crippen LogP contribution in [0.25, 0.3) is 0 Å². The fourth-order valence-corrected chi connectivity index (χ4v) is 2.46. The van der Waals surface area contributed by atoms with E-state index in [9.17, 15) is 4.39 Å². The Kier molecular flexibility index (Phi) is 3.66. The number of benzene rings is 1. The molecule has 4 heteroatoms. The van der Waals surface area contributed by atoms with Gasteiger partial charge >= 0.3 is 0 Å². The van der Waals surface area contributed by atoms with Crippen LogP contribution in [0, 0.1) is 23.1 Å². The van der Waals surface area contributed by atoms with Gasteiger partial charge in [-0.2, -0.15) is 0 Å². The van der Waals surface area contributed by atoms with Crippen molar-refractivity contribution < 1.29 is 4.39 Å². The van der Waals surface area contributed by atoms with Crippen molar-refractivity contribution in [3.63, 3.8) is 0 Å². The molecule has 2 atom stereocenters. The van der Waals surface area contributed by atoms with Gasteiger partial charge in [0, 0.05) is 30.8 Å². The van der Waals surface area contributed by atoms with Crippen LogP contribution in [0.3, 0.4) is 0 Å². The fourth-order valence-electron chi connectivity index (χ4n) is 2.46. The zero-order valence-corrected chi connectivity index (χ0v) is 10.9. The normalized spacial score (nSPS) is 24.4. The SMILES string of the molecule is CC1CN(Cc2ccc(C(=N)N)cc2F)CC1C. The third-order valence-electron chi connectivity index (χ3n) is 3.82. The molecule has 0 radical (unpaired) electrons. The molecular weight excluding hydrogens is 229 g/mol. The summed E-state index contributed by atoms with van der Waals surface area (Å²) < 4.78 is 13.9. The Morgan fingerprint density at radius 3 is 2.50 bits per heavy atom. The molecule has 3 nitrogen and oxygen atoms in total. The second-order valence-corrected chi connectivity index (χ2v) is 5.37. The molecule has 1 saturated heterocycles. The highest BCUT2D eigenvalue weighted by molar-refractivity contribution is 5.94. The Hall–Kier alpha value is -1.42. The van der Waals surface area contributed by atoms with E-state index in [1.165, 1.54) is 6.07 Å². The molecule has 1 aromatic rings. The first-order valence-electron chi connectivity index (χ1n) is 6.32. The van der Waals surface area contributed by atoms with Gasteiger partial charge in [-0.3, -0.25) is 10.3 Å². The van der Waals surface area contributed by atoms with Crippen molar-refractivity contribution >= 4 is 5.84 Å². The number of amidine groups is 1. The van der Waals surface area contributed by atoms with Gasteiger partial charge in [0.15, 0.2) is 0 Å². The van der Waals surface area contributed by atoms with Gasteiger partial charge in [0.25, 0.3) is 0 Å². The highest BCUT2D eigenvalue weighted by Gasteiger charge is 2.26. The molecule has 1 fully saturated rings. The fraction of sp³-hybridized carbons (Fsp3) is 0.500. The zero-order valence-electron chi connectivity index (χ0n) is 10.9. The lowest BCUT2D eigenvalue weighted by molar-refractivity contribution is 0.311. The van der Waals surface area contributed by atoms with E-state index in [2.05, 4.69) is 18.7 Å². The number of nitrogens with zero attached hydrogens (tertiary/aromatic N) is 1.